The molecule has 0 aromatic heterocycles. The highest BCUT2D eigenvalue weighted by atomic mass is 16.5. The van der Waals surface area contributed by atoms with E-state index in [9.17, 15) is 14.4 Å². The van der Waals surface area contributed by atoms with E-state index in [4.69, 9.17) is 21.3 Å². The van der Waals surface area contributed by atoms with E-state index in [1.807, 2.05) is 0 Å². The molecule has 0 aliphatic heterocycles. The van der Waals surface area contributed by atoms with Crippen molar-refractivity contribution < 1.29 is 24.2 Å². The number of ether oxygens (including phenoxy) is 1. The van der Waals surface area contributed by atoms with Crippen LogP contribution in [0.15, 0.2) is 17.1 Å². The maximum absolute atomic E-state index is 11.2. The second kappa shape index (κ2) is 6.37. The Labute approximate surface area is 119 Å². The molecule has 1 aromatic rings. The Morgan fingerprint density at radius 3 is 2.29 bits per heavy atom. The predicted octanol–water partition coefficient (Wildman–Crippen LogP) is 0.173. The molecule has 0 aliphatic rings. The number of hydrogen-bond donors (Lipinski definition) is 4. The van der Waals surface area contributed by atoms with Crippen molar-refractivity contribution in [3.63, 3.8) is 0 Å². The highest BCUT2D eigenvalue weighted by Gasteiger charge is 2.18. The minimum atomic E-state index is -1.26. The van der Waals surface area contributed by atoms with Crippen molar-refractivity contribution >= 4 is 35.2 Å². The van der Waals surface area contributed by atoms with E-state index in [1.165, 1.54) is 6.92 Å². The maximum Gasteiger partial charge on any atom is 0.335 e. The average molecular weight is 294 g/mol. The van der Waals surface area contributed by atoms with Crippen LogP contribution in [0.4, 0.5) is 11.4 Å². The van der Waals surface area contributed by atoms with Gasteiger partial charge in [-0.05, 0) is 12.1 Å². The molecule has 1 aromatic carbocycles. The molecule has 0 saturated carbocycles. The summed E-state index contributed by atoms with van der Waals surface area (Å²) in [6.45, 7) is 2.35. The SMILES string of the molecule is CC(=O)Nc1cc(C(=O)O)cc(N=C(N)N)c1OC(C)=O. The van der Waals surface area contributed by atoms with E-state index in [-0.39, 0.29) is 28.6 Å². The van der Waals surface area contributed by atoms with Gasteiger partial charge in [0.25, 0.3) is 0 Å². The van der Waals surface area contributed by atoms with Crippen molar-refractivity contribution in [2.45, 2.75) is 13.8 Å². The molecule has 9 heteroatoms. The standard InChI is InChI=1S/C12H14N4O5/c1-5(17)15-8-3-7(11(19)20)4-9(16-12(13)14)10(8)21-6(2)18/h3-4H,1-2H3,(H,15,17)(H,19,20)(H4,13,14,16). The molecule has 0 radical (unpaired) electrons. The second-order valence-corrected chi connectivity index (χ2v) is 3.99. The first-order valence-electron chi connectivity index (χ1n) is 5.67. The van der Waals surface area contributed by atoms with Crippen molar-refractivity contribution in [1.82, 2.24) is 0 Å². The Balaban J connectivity index is 3.58. The molecule has 112 valence electrons. The zero-order valence-corrected chi connectivity index (χ0v) is 11.3. The summed E-state index contributed by atoms with van der Waals surface area (Å²) in [5.74, 6) is -2.93. The lowest BCUT2D eigenvalue weighted by Gasteiger charge is -2.13. The number of rotatable bonds is 4. The van der Waals surface area contributed by atoms with Crippen molar-refractivity contribution in [2.24, 2.45) is 16.5 Å². The fourth-order valence-electron chi connectivity index (χ4n) is 1.49. The molecule has 0 fully saturated rings. The summed E-state index contributed by atoms with van der Waals surface area (Å²) >= 11 is 0. The molecule has 0 bridgehead atoms. The van der Waals surface area contributed by atoms with Crippen LogP contribution in [-0.4, -0.2) is 28.9 Å². The van der Waals surface area contributed by atoms with Gasteiger partial charge in [0, 0.05) is 13.8 Å². The number of anilines is 1. The summed E-state index contributed by atoms with van der Waals surface area (Å²) < 4.78 is 4.95. The molecule has 0 unspecified atom stereocenters. The average Bonchev–Trinajstić information content (AvgIpc) is 2.30. The number of nitrogens with one attached hydrogen (secondary N) is 1. The summed E-state index contributed by atoms with van der Waals surface area (Å²) in [6, 6.07) is 2.25. The Bertz CT molecular complexity index is 635. The summed E-state index contributed by atoms with van der Waals surface area (Å²) in [6.07, 6.45) is 0. The monoisotopic (exact) mass is 294 g/mol. The number of aromatic carboxylic acids is 1. The highest BCUT2D eigenvalue weighted by Crippen LogP contribution is 2.37. The molecule has 9 nitrogen and oxygen atoms in total. The van der Waals surface area contributed by atoms with Gasteiger partial charge in [0.05, 0.1) is 11.3 Å². The van der Waals surface area contributed by atoms with E-state index in [0.717, 1.165) is 19.1 Å². The van der Waals surface area contributed by atoms with Crippen LogP contribution in [0.25, 0.3) is 0 Å². The molecule has 6 N–H and O–H groups in total. The molecule has 0 spiro atoms. The Hall–Kier alpha value is -3.10. The van der Waals surface area contributed by atoms with Crippen LogP contribution in [0.3, 0.4) is 0 Å². The van der Waals surface area contributed by atoms with Gasteiger partial charge in [-0.25, -0.2) is 9.79 Å². The number of carboxylic acids is 1. The minimum Gasteiger partial charge on any atom is -0.478 e. The lowest BCUT2D eigenvalue weighted by molar-refractivity contribution is -0.131. The van der Waals surface area contributed by atoms with E-state index < -0.39 is 17.8 Å². The van der Waals surface area contributed by atoms with Crippen LogP contribution in [0.5, 0.6) is 5.75 Å². The lowest BCUT2D eigenvalue weighted by Crippen LogP contribution is -2.22. The first-order chi connectivity index (χ1) is 9.70. The Morgan fingerprint density at radius 2 is 1.86 bits per heavy atom. The number of carbonyl (C=O) groups excluding carboxylic acids is 2. The molecule has 1 rings (SSSR count). The van der Waals surface area contributed by atoms with Crippen LogP contribution in [0.2, 0.25) is 0 Å². The fraction of sp³-hybridized carbons (Fsp3) is 0.167. The van der Waals surface area contributed by atoms with E-state index in [0.29, 0.717) is 0 Å². The highest BCUT2D eigenvalue weighted by molar-refractivity contribution is 5.98. The number of carbonyl (C=O) groups is 3. The third-order valence-corrected chi connectivity index (χ3v) is 2.12. The van der Waals surface area contributed by atoms with Gasteiger partial charge in [0.2, 0.25) is 5.91 Å². The number of benzene rings is 1. The largest absolute Gasteiger partial charge is 0.478 e. The molecule has 0 atom stereocenters. The number of hydrogen-bond acceptors (Lipinski definition) is 5. The number of guanidine groups is 1. The van der Waals surface area contributed by atoms with Crippen molar-refractivity contribution in [3.05, 3.63) is 17.7 Å². The number of nitrogens with zero attached hydrogens (tertiary/aromatic N) is 1. The van der Waals surface area contributed by atoms with Gasteiger partial charge < -0.3 is 26.6 Å². The first kappa shape index (κ1) is 16.0. The van der Waals surface area contributed by atoms with E-state index in [1.54, 1.807) is 0 Å². The van der Waals surface area contributed by atoms with Crippen molar-refractivity contribution in [1.29, 1.82) is 0 Å². The second-order valence-electron chi connectivity index (χ2n) is 3.99. The van der Waals surface area contributed by atoms with Crippen LogP contribution >= 0.6 is 0 Å². The molecule has 0 aliphatic carbocycles. The number of esters is 1. The van der Waals surface area contributed by atoms with E-state index >= 15 is 0 Å². The van der Waals surface area contributed by atoms with Gasteiger partial charge in [-0.2, -0.15) is 0 Å². The molecular formula is C12H14N4O5. The molecule has 0 heterocycles. The maximum atomic E-state index is 11.2. The first-order valence-corrected chi connectivity index (χ1v) is 5.67. The lowest BCUT2D eigenvalue weighted by atomic mass is 10.1. The van der Waals surface area contributed by atoms with Crippen LogP contribution in [0.1, 0.15) is 24.2 Å². The van der Waals surface area contributed by atoms with Gasteiger partial charge in [0.15, 0.2) is 11.7 Å². The fourth-order valence-corrected chi connectivity index (χ4v) is 1.49. The normalized spacial score (nSPS) is 9.62. The van der Waals surface area contributed by atoms with Gasteiger partial charge in [-0.15, -0.1) is 0 Å². The summed E-state index contributed by atoms with van der Waals surface area (Å²) in [5.41, 5.74) is 10.2. The Kier molecular flexibility index (Phi) is 4.84. The minimum absolute atomic E-state index is 0.0300. The zero-order valence-electron chi connectivity index (χ0n) is 11.3. The quantitative estimate of drug-likeness (QED) is 0.267. The summed E-state index contributed by atoms with van der Waals surface area (Å²) in [4.78, 5) is 37.1. The third kappa shape index (κ3) is 4.49. The van der Waals surface area contributed by atoms with Crippen LogP contribution in [0, 0.1) is 0 Å². The molecule has 1 amide bonds. The topological polar surface area (TPSA) is 157 Å². The molecule has 0 saturated heterocycles. The van der Waals surface area contributed by atoms with Crippen molar-refractivity contribution in [3.8, 4) is 5.75 Å². The number of nitrogens with two attached hydrogens (primary N) is 2. The molecule has 21 heavy (non-hydrogen) atoms. The smallest absolute Gasteiger partial charge is 0.335 e. The predicted molar refractivity (Wildman–Crippen MR) is 74.5 cm³/mol. The molecular weight excluding hydrogens is 280 g/mol. The van der Waals surface area contributed by atoms with Gasteiger partial charge >= 0.3 is 11.9 Å². The zero-order chi connectivity index (χ0) is 16.2. The Morgan fingerprint density at radius 1 is 1.24 bits per heavy atom. The number of aliphatic imine (C=N–C) groups is 1. The van der Waals surface area contributed by atoms with E-state index in [2.05, 4.69) is 10.3 Å². The van der Waals surface area contributed by atoms with Gasteiger partial charge in [-0.1, -0.05) is 0 Å². The number of carboxylic acid groups (broad SMARTS) is 1. The summed E-state index contributed by atoms with van der Waals surface area (Å²) in [7, 11) is 0. The third-order valence-electron chi connectivity index (χ3n) is 2.12. The van der Waals surface area contributed by atoms with Crippen molar-refractivity contribution in [2.75, 3.05) is 5.32 Å². The van der Waals surface area contributed by atoms with Gasteiger partial charge in [-0.3, -0.25) is 9.59 Å². The van der Waals surface area contributed by atoms with Crippen LogP contribution in [-0.2, 0) is 9.59 Å². The number of amides is 1. The van der Waals surface area contributed by atoms with Gasteiger partial charge in [0.1, 0.15) is 5.69 Å². The summed E-state index contributed by atoms with van der Waals surface area (Å²) in [5, 5.41) is 11.4. The van der Waals surface area contributed by atoms with Crippen LogP contribution < -0.4 is 21.5 Å².